The van der Waals surface area contributed by atoms with Gasteiger partial charge in [0.25, 0.3) is 0 Å². The molecule has 0 unspecified atom stereocenters. The third-order valence-electron chi connectivity index (χ3n) is 3.82. The van der Waals surface area contributed by atoms with Gasteiger partial charge in [0.15, 0.2) is 0 Å². The lowest BCUT2D eigenvalue weighted by Gasteiger charge is -2.17. The van der Waals surface area contributed by atoms with Gasteiger partial charge in [-0.25, -0.2) is 4.98 Å². The summed E-state index contributed by atoms with van der Waals surface area (Å²) < 4.78 is 1.94. The van der Waals surface area contributed by atoms with Gasteiger partial charge in [-0.15, -0.1) is 0 Å². The second-order valence-electron chi connectivity index (χ2n) is 5.16. The quantitative estimate of drug-likeness (QED) is 0.910. The van der Waals surface area contributed by atoms with E-state index in [1.54, 1.807) is 0 Å². The fraction of sp³-hybridized carbons (Fsp3) is 0.467. The number of nitrogens with zero attached hydrogens (tertiary/aromatic N) is 3. The van der Waals surface area contributed by atoms with Gasteiger partial charge < -0.3 is 14.6 Å². The zero-order chi connectivity index (χ0) is 13.9. The maximum Gasteiger partial charge on any atom is 0.242 e. The number of hydrogen-bond donors (Lipinski definition) is 1. The van der Waals surface area contributed by atoms with Crippen LogP contribution in [0.1, 0.15) is 18.7 Å². The number of rotatable bonds is 4. The van der Waals surface area contributed by atoms with E-state index in [1.165, 1.54) is 0 Å². The largest absolute Gasteiger partial charge is 0.396 e. The third kappa shape index (κ3) is 2.41. The van der Waals surface area contributed by atoms with E-state index in [9.17, 15) is 4.79 Å². The molecular formula is C15H19N3O2. The van der Waals surface area contributed by atoms with Crippen molar-refractivity contribution in [2.24, 2.45) is 0 Å². The summed E-state index contributed by atoms with van der Waals surface area (Å²) in [5.74, 6) is 0.922. The molecule has 106 valence electrons. The van der Waals surface area contributed by atoms with Crippen LogP contribution >= 0.6 is 0 Å². The molecule has 3 rings (SSSR count). The third-order valence-corrected chi connectivity index (χ3v) is 3.82. The zero-order valence-corrected chi connectivity index (χ0v) is 11.5. The summed E-state index contributed by atoms with van der Waals surface area (Å²) in [5.41, 5.74) is 1.84. The molecule has 2 aromatic rings. The van der Waals surface area contributed by atoms with E-state index in [0.29, 0.717) is 13.0 Å². The lowest BCUT2D eigenvalue weighted by Crippen LogP contribution is -2.31. The smallest absolute Gasteiger partial charge is 0.242 e. The van der Waals surface area contributed by atoms with Crippen molar-refractivity contribution in [3.63, 3.8) is 0 Å². The van der Waals surface area contributed by atoms with Crippen LogP contribution < -0.4 is 0 Å². The fourth-order valence-corrected chi connectivity index (χ4v) is 2.79. The minimum absolute atomic E-state index is 0.0429. The van der Waals surface area contributed by atoms with Crippen LogP contribution in [0.25, 0.3) is 11.0 Å². The standard InChI is InChI=1S/C15H19N3O2/c19-10-7-14-16-12-5-1-2-6-13(12)18(14)11-15(20)17-8-3-4-9-17/h1-2,5-6,19H,3-4,7-11H2. The summed E-state index contributed by atoms with van der Waals surface area (Å²) >= 11 is 0. The maximum atomic E-state index is 12.3. The Kier molecular flexibility index (Phi) is 3.69. The summed E-state index contributed by atoms with van der Waals surface area (Å²) in [7, 11) is 0. The maximum absolute atomic E-state index is 12.3. The first kappa shape index (κ1) is 13.1. The Morgan fingerprint density at radius 1 is 1.25 bits per heavy atom. The number of para-hydroxylation sites is 2. The number of aliphatic hydroxyl groups excluding tert-OH is 1. The summed E-state index contributed by atoms with van der Waals surface area (Å²) in [6.45, 7) is 2.08. The molecule has 1 N–H and O–H groups in total. The van der Waals surface area contributed by atoms with Crippen molar-refractivity contribution in [1.29, 1.82) is 0 Å². The molecule has 0 atom stereocenters. The minimum atomic E-state index is 0.0429. The number of likely N-dealkylation sites (tertiary alicyclic amines) is 1. The number of carbonyl (C=O) groups is 1. The Hall–Kier alpha value is -1.88. The highest BCUT2D eigenvalue weighted by molar-refractivity contribution is 5.81. The number of hydrogen-bond acceptors (Lipinski definition) is 3. The number of amides is 1. The Morgan fingerprint density at radius 3 is 2.75 bits per heavy atom. The molecule has 1 aliphatic rings. The Labute approximate surface area is 117 Å². The molecule has 1 amide bonds. The van der Waals surface area contributed by atoms with E-state index in [0.717, 1.165) is 42.8 Å². The normalized spacial score (nSPS) is 15.2. The molecule has 0 spiro atoms. The zero-order valence-electron chi connectivity index (χ0n) is 11.5. The first-order valence-electron chi connectivity index (χ1n) is 7.12. The van der Waals surface area contributed by atoms with Crippen LogP contribution in [0.4, 0.5) is 0 Å². The van der Waals surface area contributed by atoms with Gasteiger partial charge in [-0.3, -0.25) is 4.79 Å². The van der Waals surface area contributed by atoms with Crippen molar-refractivity contribution < 1.29 is 9.90 Å². The number of imidazole rings is 1. The van der Waals surface area contributed by atoms with Gasteiger partial charge in [-0.05, 0) is 25.0 Å². The van der Waals surface area contributed by atoms with E-state index in [4.69, 9.17) is 5.11 Å². The summed E-state index contributed by atoms with van der Waals surface area (Å²) in [6, 6.07) is 7.79. The molecule has 1 aliphatic heterocycles. The molecule has 1 saturated heterocycles. The topological polar surface area (TPSA) is 58.4 Å². The lowest BCUT2D eigenvalue weighted by molar-refractivity contribution is -0.130. The van der Waals surface area contributed by atoms with Crippen molar-refractivity contribution >= 4 is 16.9 Å². The summed E-state index contributed by atoms with van der Waals surface area (Å²) in [4.78, 5) is 18.8. The van der Waals surface area contributed by atoms with Crippen molar-refractivity contribution in [3.8, 4) is 0 Å². The molecule has 5 heteroatoms. The predicted octanol–water partition coefficient (Wildman–Crippen LogP) is 1.19. The van der Waals surface area contributed by atoms with Crippen LogP contribution in [-0.4, -0.2) is 45.2 Å². The number of aliphatic hydroxyl groups is 1. The van der Waals surface area contributed by atoms with Gasteiger partial charge in [0.2, 0.25) is 5.91 Å². The van der Waals surface area contributed by atoms with Gasteiger partial charge in [0, 0.05) is 19.5 Å². The molecule has 1 aromatic carbocycles. The molecular weight excluding hydrogens is 254 g/mol. The highest BCUT2D eigenvalue weighted by Crippen LogP contribution is 2.17. The van der Waals surface area contributed by atoms with E-state index < -0.39 is 0 Å². The van der Waals surface area contributed by atoms with E-state index in [-0.39, 0.29) is 12.5 Å². The Morgan fingerprint density at radius 2 is 2.00 bits per heavy atom. The highest BCUT2D eigenvalue weighted by atomic mass is 16.3. The number of benzene rings is 1. The summed E-state index contributed by atoms with van der Waals surface area (Å²) in [6.07, 6.45) is 2.67. The van der Waals surface area contributed by atoms with Crippen LogP contribution in [0, 0.1) is 0 Å². The monoisotopic (exact) mass is 273 g/mol. The molecule has 1 aromatic heterocycles. The van der Waals surface area contributed by atoms with Gasteiger partial charge in [0.1, 0.15) is 12.4 Å². The molecule has 0 bridgehead atoms. The molecule has 1 fully saturated rings. The average molecular weight is 273 g/mol. The molecule has 5 nitrogen and oxygen atoms in total. The first-order valence-corrected chi connectivity index (χ1v) is 7.12. The van der Waals surface area contributed by atoms with Crippen LogP contribution in [-0.2, 0) is 17.8 Å². The SMILES string of the molecule is O=C(Cn1c(CCO)nc2ccccc21)N1CCCC1. The molecule has 20 heavy (non-hydrogen) atoms. The van der Waals surface area contributed by atoms with E-state index in [2.05, 4.69) is 4.98 Å². The molecule has 0 radical (unpaired) electrons. The highest BCUT2D eigenvalue weighted by Gasteiger charge is 2.20. The first-order chi connectivity index (χ1) is 9.79. The Balaban J connectivity index is 1.91. The van der Waals surface area contributed by atoms with Gasteiger partial charge >= 0.3 is 0 Å². The predicted molar refractivity (Wildman–Crippen MR) is 76.3 cm³/mol. The Bertz CT molecular complexity index is 615. The van der Waals surface area contributed by atoms with Gasteiger partial charge in [-0.2, -0.15) is 0 Å². The van der Waals surface area contributed by atoms with Crippen LogP contribution in [0.2, 0.25) is 0 Å². The molecule has 0 saturated carbocycles. The van der Waals surface area contributed by atoms with Gasteiger partial charge in [0.05, 0.1) is 17.6 Å². The average Bonchev–Trinajstić information content (AvgIpc) is 3.08. The van der Waals surface area contributed by atoms with Crippen molar-refractivity contribution in [2.75, 3.05) is 19.7 Å². The van der Waals surface area contributed by atoms with Crippen LogP contribution in [0.3, 0.4) is 0 Å². The van der Waals surface area contributed by atoms with E-state index >= 15 is 0 Å². The number of fused-ring (bicyclic) bond motifs is 1. The van der Waals surface area contributed by atoms with Crippen LogP contribution in [0.15, 0.2) is 24.3 Å². The van der Waals surface area contributed by atoms with Crippen molar-refractivity contribution in [2.45, 2.75) is 25.8 Å². The number of aromatic nitrogens is 2. The second kappa shape index (κ2) is 5.63. The second-order valence-corrected chi connectivity index (χ2v) is 5.16. The molecule has 0 aliphatic carbocycles. The lowest BCUT2D eigenvalue weighted by atomic mass is 10.3. The minimum Gasteiger partial charge on any atom is -0.396 e. The molecule has 2 heterocycles. The number of carbonyl (C=O) groups excluding carboxylic acids is 1. The van der Waals surface area contributed by atoms with Crippen LogP contribution in [0.5, 0.6) is 0 Å². The van der Waals surface area contributed by atoms with Gasteiger partial charge in [-0.1, -0.05) is 12.1 Å². The fourth-order valence-electron chi connectivity index (χ4n) is 2.79. The van der Waals surface area contributed by atoms with Crippen molar-refractivity contribution in [1.82, 2.24) is 14.5 Å². The van der Waals surface area contributed by atoms with Crippen molar-refractivity contribution in [3.05, 3.63) is 30.1 Å². The van der Waals surface area contributed by atoms with E-state index in [1.807, 2.05) is 33.7 Å². The summed E-state index contributed by atoms with van der Waals surface area (Å²) in [5, 5.41) is 9.17.